The van der Waals surface area contributed by atoms with E-state index in [0.29, 0.717) is 0 Å². The third kappa shape index (κ3) is 4.75. The maximum Gasteiger partial charge on any atom is 0.446 e. The lowest BCUT2D eigenvalue weighted by molar-refractivity contribution is 0.356. The average Bonchev–Trinajstić information content (AvgIpc) is 2.16. The summed E-state index contributed by atoms with van der Waals surface area (Å²) in [4.78, 5) is 0. The molecule has 0 bridgehead atoms. The van der Waals surface area contributed by atoms with E-state index >= 15 is 0 Å². The Kier molecular flexibility index (Phi) is 4.01. The second-order valence-corrected chi connectivity index (χ2v) is 4.88. The third-order valence-corrected chi connectivity index (χ3v) is 2.32. The van der Waals surface area contributed by atoms with Gasteiger partial charge >= 0.3 is 20.8 Å². The summed E-state index contributed by atoms with van der Waals surface area (Å²) in [5.74, 6) is -0.950. The van der Waals surface area contributed by atoms with Crippen molar-refractivity contribution in [3.63, 3.8) is 0 Å². The summed E-state index contributed by atoms with van der Waals surface area (Å²) in [6.07, 6.45) is 0. The molecule has 1 aromatic rings. The number of hydrogen-bond acceptors (Lipinski definition) is 7. The first kappa shape index (κ1) is 14.5. The minimum Gasteiger partial charge on any atom is -0.493 e. The SMILES string of the molecule is COc1cc(OS(=O)(=O)O)ccc1OS(=O)(=O)O. The Hall–Kier alpha value is -1.56. The predicted octanol–water partition coefficient (Wildman–Crippen LogP) is 0.0584. The Morgan fingerprint density at radius 3 is 1.94 bits per heavy atom. The van der Waals surface area contributed by atoms with Crippen molar-refractivity contribution >= 4 is 20.8 Å². The molecule has 0 aliphatic rings. The first-order chi connectivity index (χ1) is 8.11. The molecular weight excluding hydrogens is 292 g/mol. The second kappa shape index (κ2) is 4.97. The van der Waals surface area contributed by atoms with Gasteiger partial charge in [-0.1, -0.05) is 0 Å². The molecule has 0 unspecified atom stereocenters. The Labute approximate surface area is 103 Å². The first-order valence-electron chi connectivity index (χ1n) is 4.12. The summed E-state index contributed by atoms with van der Waals surface area (Å²) in [6, 6.07) is 2.89. The molecule has 0 aliphatic heterocycles. The van der Waals surface area contributed by atoms with Crippen LogP contribution in [0, 0.1) is 0 Å². The number of rotatable bonds is 5. The first-order valence-corrected chi connectivity index (χ1v) is 6.85. The fourth-order valence-electron chi connectivity index (χ4n) is 1.00. The van der Waals surface area contributed by atoms with Crippen LogP contribution in [-0.4, -0.2) is 33.1 Å². The van der Waals surface area contributed by atoms with Gasteiger partial charge in [0.15, 0.2) is 11.5 Å². The van der Waals surface area contributed by atoms with Crippen LogP contribution in [0.4, 0.5) is 0 Å². The van der Waals surface area contributed by atoms with Gasteiger partial charge in [0.25, 0.3) is 0 Å². The van der Waals surface area contributed by atoms with Crippen LogP contribution < -0.4 is 13.1 Å². The quantitative estimate of drug-likeness (QED) is 0.723. The van der Waals surface area contributed by atoms with Crippen molar-refractivity contribution in [2.45, 2.75) is 0 Å². The molecular formula is C7H8O9S2. The maximum atomic E-state index is 10.5. The topological polar surface area (TPSA) is 136 Å². The van der Waals surface area contributed by atoms with E-state index in [0.717, 1.165) is 25.3 Å². The van der Waals surface area contributed by atoms with Crippen molar-refractivity contribution in [3.8, 4) is 17.2 Å². The molecule has 9 nitrogen and oxygen atoms in total. The van der Waals surface area contributed by atoms with Gasteiger partial charge in [0, 0.05) is 6.07 Å². The van der Waals surface area contributed by atoms with Crippen LogP contribution in [0.15, 0.2) is 18.2 Å². The highest BCUT2D eigenvalue weighted by molar-refractivity contribution is 7.81. The van der Waals surface area contributed by atoms with E-state index in [4.69, 9.17) is 9.11 Å². The van der Waals surface area contributed by atoms with Gasteiger partial charge in [0.05, 0.1) is 7.11 Å². The fraction of sp³-hybridized carbons (Fsp3) is 0.143. The molecule has 11 heteroatoms. The average molecular weight is 300 g/mol. The van der Waals surface area contributed by atoms with E-state index in [2.05, 4.69) is 13.1 Å². The normalized spacial score (nSPS) is 11.9. The zero-order valence-corrected chi connectivity index (χ0v) is 10.4. The van der Waals surface area contributed by atoms with Crippen LogP contribution in [0.2, 0.25) is 0 Å². The molecule has 2 N–H and O–H groups in total. The van der Waals surface area contributed by atoms with E-state index in [1.165, 1.54) is 0 Å². The summed E-state index contributed by atoms with van der Waals surface area (Å²) in [5.41, 5.74) is 0. The van der Waals surface area contributed by atoms with Crippen LogP contribution in [0.3, 0.4) is 0 Å². The molecule has 0 spiro atoms. The van der Waals surface area contributed by atoms with Crippen molar-refractivity contribution in [1.82, 2.24) is 0 Å². The van der Waals surface area contributed by atoms with Gasteiger partial charge in [-0.3, -0.25) is 9.11 Å². The lowest BCUT2D eigenvalue weighted by Gasteiger charge is -2.09. The third-order valence-electron chi connectivity index (χ3n) is 1.53. The summed E-state index contributed by atoms with van der Waals surface area (Å²) >= 11 is 0. The monoisotopic (exact) mass is 300 g/mol. The van der Waals surface area contributed by atoms with Crippen molar-refractivity contribution in [2.24, 2.45) is 0 Å². The number of hydrogen-bond donors (Lipinski definition) is 2. The number of ether oxygens (including phenoxy) is 1. The van der Waals surface area contributed by atoms with E-state index in [1.54, 1.807) is 0 Å². The van der Waals surface area contributed by atoms with Gasteiger partial charge in [-0.25, -0.2) is 0 Å². The molecule has 0 aromatic heterocycles. The van der Waals surface area contributed by atoms with Crippen LogP contribution in [0.5, 0.6) is 17.2 Å². The molecule has 1 rings (SSSR count). The molecule has 0 atom stereocenters. The van der Waals surface area contributed by atoms with E-state index < -0.39 is 20.8 Å². The largest absolute Gasteiger partial charge is 0.493 e. The predicted molar refractivity (Wildman–Crippen MR) is 57.3 cm³/mol. The Bertz CT molecular complexity index is 631. The van der Waals surface area contributed by atoms with Crippen molar-refractivity contribution in [3.05, 3.63) is 18.2 Å². The fourth-order valence-corrected chi connectivity index (χ4v) is 1.72. The van der Waals surface area contributed by atoms with Gasteiger partial charge in [-0.05, 0) is 12.1 Å². The molecule has 0 fully saturated rings. The Morgan fingerprint density at radius 1 is 0.944 bits per heavy atom. The number of methoxy groups -OCH3 is 1. The van der Waals surface area contributed by atoms with Gasteiger partial charge in [-0.2, -0.15) is 16.8 Å². The van der Waals surface area contributed by atoms with Crippen molar-refractivity contribution in [1.29, 1.82) is 0 Å². The summed E-state index contributed by atoms with van der Waals surface area (Å²) in [6.45, 7) is 0. The lowest BCUT2D eigenvalue weighted by Crippen LogP contribution is -2.09. The zero-order chi connectivity index (χ0) is 14.0. The Morgan fingerprint density at radius 2 is 1.50 bits per heavy atom. The minimum absolute atomic E-state index is 0.228. The van der Waals surface area contributed by atoms with E-state index in [-0.39, 0.29) is 17.2 Å². The molecule has 0 heterocycles. The highest BCUT2D eigenvalue weighted by atomic mass is 32.3. The highest BCUT2D eigenvalue weighted by Gasteiger charge is 2.15. The molecule has 102 valence electrons. The van der Waals surface area contributed by atoms with Crippen LogP contribution in [-0.2, 0) is 20.8 Å². The maximum absolute atomic E-state index is 10.5. The van der Waals surface area contributed by atoms with Gasteiger partial charge in [-0.15, -0.1) is 0 Å². The smallest absolute Gasteiger partial charge is 0.446 e. The Balaban J connectivity index is 3.12. The summed E-state index contributed by atoms with van der Waals surface area (Å²) in [7, 11) is -8.32. The zero-order valence-electron chi connectivity index (χ0n) is 8.80. The highest BCUT2D eigenvalue weighted by Crippen LogP contribution is 2.32. The van der Waals surface area contributed by atoms with Crippen LogP contribution in [0.1, 0.15) is 0 Å². The summed E-state index contributed by atoms with van der Waals surface area (Å²) in [5, 5.41) is 0. The van der Waals surface area contributed by atoms with E-state index in [9.17, 15) is 16.8 Å². The molecule has 0 aliphatic carbocycles. The van der Waals surface area contributed by atoms with Gasteiger partial charge in [0.2, 0.25) is 0 Å². The summed E-state index contributed by atoms with van der Waals surface area (Å²) < 4.78 is 71.7. The van der Waals surface area contributed by atoms with Crippen molar-refractivity contribution < 1.29 is 39.0 Å². The second-order valence-electron chi connectivity index (χ2n) is 2.83. The minimum atomic E-state index is -4.75. The molecule has 1 aromatic carbocycles. The molecule has 0 saturated heterocycles. The molecule has 0 saturated carbocycles. The van der Waals surface area contributed by atoms with Crippen LogP contribution in [0.25, 0.3) is 0 Å². The van der Waals surface area contributed by atoms with Crippen LogP contribution >= 0.6 is 0 Å². The lowest BCUT2D eigenvalue weighted by atomic mass is 10.3. The molecule has 18 heavy (non-hydrogen) atoms. The number of benzene rings is 1. The van der Waals surface area contributed by atoms with Crippen molar-refractivity contribution in [2.75, 3.05) is 7.11 Å². The molecule has 0 amide bonds. The molecule has 0 radical (unpaired) electrons. The van der Waals surface area contributed by atoms with Gasteiger partial charge < -0.3 is 13.1 Å². The van der Waals surface area contributed by atoms with E-state index in [1.807, 2.05) is 0 Å². The van der Waals surface area contributed by atoms with Gasteiger partial charge in [0.1, 0.15) is 5.75 Å². The standard InChI is InChI=1S/C7H8O9S2/c1-14-7-4-5(15-17(8,9)10)2-3-6(7)16-18(11,12)13/h2-4H,1H3,(H,8,9,10)(H,11,12,13).